The SMILES string of the molecule is CC(=O)OCC1OC(NC(N)=O)C(OC(C)=O)C(OC(C)=O)C1OC(C)=O. The minimum absolute atomic E-state index is 0.394. The molecule has 3 N–H and O–H groups in total. The lowest BCUT2D eigenvalue weighted by Gasteiger charge is -2.44. The van der Waals surface area contributed by atoms with E-state index in [9.17, 15) is 24.0 Å². The van der Waals surface area contributed by atoms with Crippen LogP contribution in [0.5, 0.6) is 0 Å². The highest BCUT2D eigenvalue weighted by atomic mass is 16.7. The van der Waals surface area contributed by atoms with Gasteiger partial charge in [-0.3, -0.25) is 19.2 Å². The van der Waals surface area contributed by atoms with Gasteiger partial charge in [0.15, 0.2) is 24.5 Å². The molecule has 5 unspecified atom stereocenters. The average Bonchev–Trinajstić information content (AvgIpc) is 2.49. The maximum Gasteiger partial charge on any atom is 0.314 e. The molecule has 1 rings (SSSR count). The van der Waals surface area contributed by atoms with Crippen LogP contribution >= 0.6 is 0 Å². The van der Waals surface area contributed by atoms with Crippen molar-refractivity contribution < 1.29 is 47.7 Å². The van der Waals surface area contributed by atoms with E-state index in [4.69, 9.17) is 29.4 Å². The number of carbonyl (C=O) groups excluding carboxylic acids is 5. The monoisotopic (exact) mass is 390 g/mol. The van der Waals surface area contributed by atoms with Crippen molar-refractivity contribution in [2.75, 3.05) is 6.61 Å². The van der Waals surface area contributed by atoms with Crippen molar-refractivity contribution in [2.45, 2.75) is 58.3 Å². The van der Waals surface area contributed by atoms with Crippen LogP contribution in [0.2, 0.25) is 0 Å². The van der Waals surface area contributed by atoms with Crippen LogP contribution in [-0.2, 0) is 42.9 Å². The van der Waals surface area contributed by atoms with Gasteiger partial charge in [0, 0.05) is 27.7 Å². The van der Waals surface area contributed by atoms with Gasteiger partial charge in [-0.15, -0.1) is 0 Å². The minimum atomic E-state index is -1.38. The number of primary amides is 1. The van der Waals surface area contributed by atoms with Crippen LogP contribution in [0.15, 0.2) is 0 Å². The van der Waals surface area contributed by atoms with E-state index < -0.39 is 67.2 Å². The molecule has 27 heavy (non-hydrogen) atoms. The first-order valence-electron chi connectivity index (χ1n) is 7.87. The number of urea groups is 1. The normalized spacial score (nSPS) is 27.0. The van der Waals surface area contributed by atoms with E-state index in [1.165, 1.54) is 0 Å². The van der Waals surface area contributed by atoms with Gasteiger partial charge in [0.1, 0.15) is 12.7 Å². The molecular formula is C15H22N2O10. The fourth-order valence-corrected chi connectivity index (χ4v) is 2.48. The van der Waals surface area contributed by atoms with Gasteiger partial charge in [-0.2, -0.15) is 0 Å². The first-order chi connectivity index (χ1) is 12.5. The molecule has 0 aromatic rings. The predicted octanol–water partition coefficient (Wildman–Crippen LogP) is -1.26. The smallest absolute Gasteiger partial charge is 0.314 e. The molecule has 12 nitrogen and oxygen atoms in total. The van der Waals surface area contributed by atoms with E-state index in [0.29, 0.717) is 0 Å². The van der Waals surface area contributed by atoms with Gasteiger partial charge >= 0.3 is 29.9 Å². The number of nitrogens with one attached hydrogen (secondary N) is 1. The second-order valence-electron chi connectivity index (χ2n) is 5.63. The molecule has 1 aliphatic heterocycles. The summed E-state index contributed by atoms with van der Waals surface area (Å²) in [5.74, 6) is -2.96. The molecule has 1 fully saturated rings. The number of esters is 4. The highest BCUT2D eigenvalue weighted by Crippen LogP contribution is 2.28. The summed E-state index contributed by atoms with van der Waals surface area (Å²) in [7, 11) is 0. The first kappa shape index (κ1) is 22.2. The van der Waals surface area contributed by atoms with Gasteiger partial charge < -0.3 is 34.7 Å². The largest absolute Gasteiger partial charge is 0.463 e. The number of hydrogen-bond donors (Lipinski definition) is 2. The zero-order valence-electron chi connectivity index (χ0n) is 15.3. The van der Waals surface area contributed by atoms with Crippen molar-refractivity contribution >= 4 is 29.9 Å². The molecule has 1 saturated heterocycles. The van der Waals surface area contributed by atoms with Crippen molar-refractivity contribution in [2.24, 2.45) is 5.73 Å². The summed E-state index contributed by atoms with van der Waals surface area (Å²) in [6.07, 6.45) is -6.53. The topological polar surface area (TPSA) is 170 Å². The van der Waals surface area contributed by atoms with Gasteiger partial charge in [-0.1, -0.05) is 0 Å². The van der Waals surface area contributed by atoms with Crippen molar-refractivity contribution in [3.05, 3.63) is 0 Å². The van der Waals surface area contributed by atoms with E-state index in [0.717, 1.165) is 27.7 Å². The van der Waals surface area contributed by atoms with Crippen LogP contribution in [0.3, 0.4) is 0 Å². The molecule has 0 radical (unpaired) electrons. The molecule has 0 aromatic carbocycles. The Kier molecular flexibility index (Phi) is 7.97. The van der Waals surface area contributed by atoms with Crippen molar-refractivity contribution in [1.82, 2.24) is 5.32 Å². The molecule has 12 heteroatoms. The quantitative estimate of drug-likeness (QED) is 0.412. The second kappa shape index (κ2) is 9.71. The Bertz CT molecular complexity index is 607. The maximum absolute atomic E-state index is 11.5. The summed E-state index contributed by atoms with van der Waals surface area (Å²) in [6, 6.07) is -1.02. The summed E-state index contributed by atoms with van der Waals surface area (Å²) < 4.78 is 25.8. The van der Waals surface area contributed by atoms with Crippen LogP contribution in [0.25, 0.3) is 0 Å². The third-order valence-corrected chi connectivity index (χ3v) is 3.28. The molecule has 1 aliphatic rings. The van der Waals surface area contributed by atoms with Gasteiger partial charge in [-0.25, -0.2) is 4.79 Å². The van der Waals surface area contributed by atoms with Gasteiger partial charge in [0.25, 0.3) is 0 Å². The lowest BCUT2D eigenvalue weighted by Crippen LogP contribution is -2.66. The fraction of sp³-hybridized carbons (Fsp3) is 0.667. The molecule has 0 bridgehead atoms. The number of nitrogens with two attached hydrogens (primary N) is 1. The fourth-order valence-electron chi connectivity index (χ4n) is 2.48. The molecule has 0 spiro atoms. The Hall–Kier alpha value is -2.89. The molecule has 0 aliphatic carbocycles. The summed E-state index contributed by atoms with van der Waals surface area (Å²) >= 11 is 0. The number of carbonyl (C=O) groups is 5. The summed E-state index contributed by atoms with van der Waals surface area (Å²) in [6.45, 7) is 4.02. The predicted molar refractivity (Wildman–Crippen MR) is 84.7 cm³/mol. The molecule has 0 saturated carbocycles. The number of ether oxygens (including phenoxy) is 5. The second-order valence-corrected chi connectivity index (χ2v) is 5.63. The van der Waals surface area contributed by atoms with E-state index in [1.807, 2.05) is 0 Å². The lowest BCUT2D eigenvalue weighted by atomic mass is 9.97. The minimum Gasteiger partial charge on any atom is -0.463 e. The number of hydrogen-bond acceptors (Lipinski definition) is 10. The van der Waals surface area contributed by atoms with Gasteiger partial charge in [0.05, 0.1) is 0 Å². The summed E-state index contributed by atoms with van der Waals surface area (Å²) in [5, 5.41) is 2.20. The molecule has 2 amide bonds. The molecule has 5 atom stereocenters. The molecule has 152 valence electrons. The van der Waals surface area contributed by atoms with E-state index in [2.05, 4.69) is 5.32 Å². The van der Waals surface area contributed by atoms with Crippen LogP contribution in [-0.4, -0.2) is 67.2 Å². The summed E-state index contributed by atoms with van der Waals surface area (Å²) in [5.41, 5.74) is 5.10. The Morgan fingerprint density at radius 1 is 0.815 bits per heavy atom. The highest BCUT2D eigenvalue weighted by Gasteiger charge is 2.52. The third kappa shape index (κ3) is 7.09. The Morgan fingerprint density at radius 3 is 1.74 bits per heavy atom. The molecule has 1 heterocycles. The van der Waals surface area contributed by atoms with Crippen molar-refractivity contribution in [3.63, 3.8) is 0 Å². The van der Waals surface area contributed by atoms with E-state index >= 15 is 0 Å². The van der Waals surface area contributed by atoms with E-state index in [-0.39, 0.29) is 0 Å². The number of amides is 2. The zero-order chi connectivity index (χ0) is 20.7. The van der Waals surface area contributed by atoms with Crippen LogP contribution < -0.4 is 11.1 Å². The number of rotatable bonds is 6. The highest BCUT2D eigenvalue weighted by molar-refractivity contribution is 5.72. The van der Waals surface area contributed by atoms with Crippen LogP contribution in [0, 0.1) is 0 Å². The van der Waals surface area contributed by atoms with Crippen LogP contribution in [0.4, 0.5) is 4.79 Å². The Labute approximate surface area is 154 Å². The van der Waals surface area contributed by atoms with Crippen LogP contribution in [0.1, 0.15) is 27.7 Å². The Balaban J connectivity index is 3.29. The third-order valence-electron chi connectivity index (χ3n) is 3.28. The summed E-state index contributed by atoms with van der Waals surface area (Å²) in [4.78, 5) is 56.9. The van der Waals surface area contributed by atoms with E-state index in [1.54, 1.807) is 0 Å². The van der Waals surface area contributed by atoms with Gasteiger partial charge in [-0.05, 0) is 0 Å². The van der Waals surface area contributed by atoms with Crippen molar-refractivity contribution in [1.29, 1.82) is 0 Å². The first-order valence-corrected chi connectivity index (χ1v) is 7.87. The average molecular weight is 390 g/mol. The molecule has 0 aromatic heterocycles. The standard InChI is InChI=1S/C15H22N2O10/c1-6(18)23-5-10-11(24-7(2)19)12(25-8(3)20)13(26-9(4)21)14(27-10)17-15(16)22/h10-14H,5H2,1-4H3,(H3,16,17,22). The van der Waals surface area contributed by atoms with Gasteiger partial charge in [0.2, 0.25) is 0 Å². The van der Waals surface area contributed by atoms with Crippen molar-refractivity contribution in [3.8, 4) is 0 Å². The molecular weight excluding hydrogens is 368 g/mol. The Morgan fingerprint density at radius 2 is 1.30 bits per heavy atom. The lowest BCUT2D eigenvalue weighted by molar-refractivity contribution is -0.255. The maximum atomic E-state index is 11.5. The zero-order valence-corrected chi connectivity index (χ0v) is 15.3.